The van der Waals surface area contributed by atoms with Crippen LogP contribution >= 0.6 is 0 Å². The summed E-state index contributed by atoms with van der Waals surface area (Å²) in [6.07, 6.45) is 2.79. The monoisotopic (exact) mass is 307 g/mol. The quantitative estimate of drug-likeness (QED) is 0.817. The van der Waals surface area contributed by atoms with E-state index in [4.69, 9.17) is 10.5 Å². The van der Waals surface area contributed by atoms with Gasteiger partial charge in [-0.25, -0.2) is 4.98 Å². The van der Waals surface area contributed by atoms with Crippen molar-refractivity contribution in [2.24, 2.45) is 5.73 Å². The Morgan fingerprint density at radius 2 is 2.00 bits per heavy atom. The van der Waals surface area contributed by atoms with Crippen molar-refractivity contribution in [3.8, 4) is 0 Å². The van der Waals surface area contributed by atoms with Crippen molar-refractivity contribution >= 4 is 11.8 Å². The number of nitrogens with two attached hydrogens (primary N) is 1. The molecule has 0 unspecified atom stereocenters. The van der Waals surface area contributed by atoms with Crippen LogP contribution in [-0.2, 0) is 9.53 Å². The molecule has 1 aromatic heterocycles. The largest absolute Gasteiger partial charge is 0.459 e. The maximum Gasteiger partial charge on any atom is 0.326 e. The average molecular weight is 307 g/mol. The van der Waals surface area contributed by atoms with E-state index >= 15 is 0 Å². The summed E-state index contributed by atoms with van der Waals surface area (Å²) < 4.78 is 5.19. The molecule has 0 aliphatic carbocycles. The molecule has 2 atom stereocenters. The lowest BCUT2D eigenvalue weighted by atomic mass is 10.0. The standard InChI is InChI=1S/C16H25N3O3/c1-16(2,3)22-15(21)13(17)14(20)11-6-7-12(18-10-11)19-8-4-5-9-19/h6-7,10,13-14,20H,4-5,8-9,17H2,1-3H3/t13-,14-/m0/s1. The van der Waals surface area contributed by atoms with E-state index in [1.807, 2.05) is 6.07 Å². The van der Waals surface area contributed by atoms with Crippen molar-refractivity contribution < 1.29 is 14.6 Å². The molecule has 2 heterocycles. The number of aromatic nitrogens is 1. The zero-order chi connectivity index (χ0) is 16.3. The van der Waals surface area contributed by atoms with Gasteiger partial charge in [-0.2, -0.15) is 0 Å². The fourth-order valence-corrected chi connectivity index (χ4v) is 2.41. The number of ether oxygens (including phenoxy) is 1. The lowest BCUT2D eigenvalue weighted by Gasteiger charge is -2.24. The second kappa shape index (κ2) is 6.62. The normalized spacial score (nSPS) is 18.1. The highest BCUT2D eigenvalue weighted by molar-refractivity contribution is 5.77. The predicted octanol–water partition coefficient (Wildman–Crippen LogP) is 1.38. The average Bonchev–Trinajstić information content (AvgIpc) is 2.98. The Labute approximate surface area is 131 Å². The molecule has 1 aromatic rings. The molecule has 0 radical (unpaired) electrons. The number of carbonyl (C=O) groups excluding carboxylic acids is 1. The third-order valence-corrected chi connectivity index (χ3v) is 3.56. The van der Waals surface area contributed by atoms with Gasteiger partial charge in [0.05, 0.1) is 0 Å². The molecule has 1 aliphatic rings. The number of esters is 1. The van der Waals surface area contributed by atoms with Gasteiger partial charge in [0.25, 0.3) is 0 Å². The molecule has 6 heteroatoms. The van der Waals surface area contributed by atoms with Gasteiger partial charge in [-0.15, -0.1) is 0 Å². The third kappa shape index (κ3) is 4.18. The number of carbonyl (C=O) groups is 1. The van der Waals surface area contributed by atoms with E-state index in [-0.39, 0.29) is 0 Å². The SMILES string of the molecule is CC(C)(C)OC(=O)[C@@H](N)[C@@H](O)c1ccc(N2CCCC2)nc1. The molecule has 1 fully saturated rings. The Hall–Kier alpha value is -1.66. The second-order valence-electron chi connectivity index (χ2n) is 6.65. The van der Waals surface area contributed by atoms with Gasteiger partial charge in [-0.3, -0.25) is 4.79 Å². The lowest BCUT2D eigenvalue weighted by Crippen LogP contribution is -2.41. The fourth-order valence-electron chi connectivity index (χ4n) is 2.41. The van der Waals surface area contributed by atoms with E-state index in [0.29, 0.717) is 5.56 Å². The van der Waals surface area contributed by atoms with Crippen LogP contribution in [0.4, 0.5) is 5.82 Å². The van der Waals surface area contributed by atoms with Gasteiger partial charge in [0.1, 0.15) is 23.6 Å². The summed E-state index contributed by atoms with van der Waals surface area (Å²) in [5.41, 5.74) is 5.68. The third-order valence-electron chi connectivity index (χ3n) is 3.56. The van der Waals surface area contributed by atoms with Crippen LogP contribution in [0.25, 0.3) is 0 Å². The summed E-state index contributed by atoms with van der Waals surface area (Å²) in [5, 5.41) is 10.2. The first-order valence-corrected chi connectivity index (χ1v) is 7.65. The van der Waals surface area contributed by atoms with Crippen molar-refractivity contribution in [1.82, 2.24) is 4.98 Å². The molecule has 0 aromatic carbocycles. The Morgan fingerprint density at radius 3 is 2.50 bits per heavy atom. The first-order chi connectivity index (χ1) is 10.3. The Balaban J connectivity index is 2.02. The van der Waals surface area contributed by atoms with E-state index < -0.39 is 23.7 Å². The molecule has 1 aliphatic heterocycles. The minimum atomic E-state index is -1.13. The van der Waals surface area contributed by atoms with Crippen molar-refractivity contribution in [1.29, 1.82) is 0 Å². The Bertz CT molecular complexity index is 504. The zero-order valence-corrected chi connectivity index (χ0v) is 13.5. The number of aliphatic hydroxyl groups is 1. The molecular weight excluding hydrogens is 282 g/mol. The number of hydrogen-bond donors (Lipinski definition) is 2. The molecule has 0 amide bonds. The van der Waals surface area contributed by atoms with E-state index in [1.54, 1.807) is 33.0 Å². The van der Waals surface area contributed by atoms with Crippen LogP contribution in [0.15, 0.2) is 18.3 Å². The Kier molecular flexibility index (Phi) is 5.03. The van der Waals surface area contributed by atoms with Crippen molar-refractivity contribution in [2.75, 3.05) is 18.0 Å². The summed E-state index contributed by atoms with van der Waals surface area (Å²) in [6, 6.07) is 2.49. The van der Waals surface area contributed by atoms with Crippen LogP contribution in [-0.4, -0.2) is 40.8 Å². The van der Waals surface area contributed by atoms with Crippen LogP contribution in [0.2, 0.25) is 0 Å². The van der Waals surface area contributed by atoms with Gasteiger partial charge in [-0.05, 0) is 39.7 Å². The first-order valence-electron chi connectivity index (χ1n) is 7.65. The molecule has 6 nitrogen and oxygen atoms in total. The van der Waals surface area contributed by atoms with E-state index in [1.165, 1.54) is 12.8 Å². The van der Waals surface area contributed by atoms with Gasteiger partial charge in [0.2, 0.25) is 0 Å². The van der Waals surface area contributed by atoms with Crippen LogP contribution in [0.1, 0.15) is 45.3 Å². The molecular formula is C16H25N3O3. The smallest absolute Gasteiger partial charge is 0.326 e. The van der Waals surface area contributed by atoms with E-state index in [2.05, 4.69) is 9.88 Å². The highest BCUT2D eigenvalue weighted by Gasteiger charge is 2.29. The Morgan fingerprint density at radius 1 is 1.36 bits per heavy atom. The topological polar surface area (TPSA) is 88.7 Å². The molecule has 0 bridgehead atoms. The number of aliphatic hydroxyl groups excluding tert-OH is 1. The van der Waals surface area contributed by atoms with Crippen LogP contribution in [0.3, 0.4) is 0 Å². The highest BCUT2D eigenvalue weighted by Crippen LogP contribution is 2.22. The molecule has 1 saturated heterocycles. The molecule has 2 rings (SSSR count). The van der Waals surface area contributed by atoms with E-state index in [0.717, 1.165) is 18.9 Å². The fraction of sp³-hybridized carbons (Fsp3) is 0.625. The summed E-state index contributed by atoms with van der Waals surface area (Å²) in [4.78, 5) is 18.5. The van der Waals surface area contributed by atoms with Crippen LogP contribution in [0, 0.1) is 0 Å². The van der Waals surface area contributed by atoms with E-state index in [9.17, 15) is 9.90 Å². The van der Waals surface area contributed by atoms with Crippen LogP contribution in [0.5, 0.6) is 0 Å². The highest BCUT2D eigenvalue weighted by atomic mass is 16.6. The predicted molar refractivity (Wildman–Crippen MR) is 84.5 cm³/mol. The maximum atomic E-state index is 11.9. The van der Waals surface area contributed by atoms with Crippen molar-refractivity contribution in [3.05, 3.63) is 23.9 Å². The van der Waals surface area contributed by atoms with Gasteiger partial charge in [0, 0.05) is 24.8 Å². The summed E-state index contributed by atoms with van der Waals surface area (Å²) >= 11 is 0. The van der Waals surface area contributed by atoms with Gasteiger partial charge >= 0.3 is 5.97 Å². The summed E-state index contributed by atoms with van der Waals surface area (Å²) in [7, 11) is 0. The zero-order valence-electron chi connectivity index (χ0n) is 13.5. The van der Waals surface area contributed by atoms with Crippen molar-refractivity contribution in [3.63, 3.8) is 0 Å². The minimum Gasteiger partial charge on any atom is -0.459 e. The molecule has 22 heavy (non-hydrogen) atoms. The maximum absolute atomic E-state index is 11.9. The number of rotatable bonds is 4. The number of anilines is 1. The molecule has 0 saturated carbocycles. The molecule has 3 N–H and O–H groups in total. The number of pyridine rings is 1. The number of nitrogens with zero attached hydrogens (tertiary/aromatic N) is 2. The van der Waals surface area contributed by atoms with Crippen molar-refractivity contribution in [2.45, 2.75) is 51.4 Å². The summed E-state index contributed by atoms with van der Waals surface area (Å²) in [5.74, 6) is 0.267. The minimum absolute atomic E-state index is 0.515. The van der Waals surface area contributed by atoms with Gasteiger partial charge in [-0.1, -0.05) is 6.07 Å². The van der Waals surface area contributed by atoms with Gasteiger partial charge < -0.3 is 20.5 Å². The van der Waals surface area contributed by atoms with Gasteiger partial charge in [0.15, 0.2) is 0 Å². The second-order valence-corrected chi connectivity index (χ2v) is 6.65. The first kappa shape index (κ1) is 16.7. The molecule has 0 spiro atoms. The molecule has 122 valence electrons. The van der Waals surface area contributed by atoms with Crippen LogP contribution < -0.4 is 10.6 Å². The number of hydrogen-bond acceptors (Lipinski definition) is 6. The summed E-state index contributed by atoms with van der Waals surface area (Å²) in [6.45, 7) is 7.29. The lowest BCUT2D eigenvalue weighted by molar-refractivity contribution is -0.159.